The molecule has 0 radical (unpaired) electrons. The molecule has 206 valence electrons. The maximum Gasteiger partial charge on any atom is 0.325 e. The van der Waals surface area contributed by atoms with Gasteiger partial charge in [-0.05, 0) is 37.1 Å². The van der Waals surface area contributed by atoms with E-state index in [1.54, 1.807) is 29.2 Å². The second kappa shape index (κ2) is 11.4. The predicted molar refractivity (Wildman–Crippen MR) is 153 cm³/mol. The van der Waals surface area contributed by atoms with Crippen LogP contribution in [0.2, 0.25) is 25.7 Å². The molecule has 39 heavy (non-hydrogen) atoms. The van der Waals surface area contributed by atoms with Crippen LogP contribution >= 0.6 is 0 Å². The number of benzene rings is 2. The molecule has 0 atom stereocenters. The molecule has 2 heterocycles. The molecule has 2 aromatic heterocycles. The lowest BCUT2D eigenvalue weighted by atomic mass is 10.0. The van der Waals surface area contributed by atoms with Gasteiger partial charge in [0, 0.05) is 43.6 Å². The summed E-state index contributed by atoms with van der Waals surface area (Å²) >= 11 is 0. The summed E-state index contributed by atoms with van der Waals surface area (Å²) in [7, 11) is 0.266. The summed E-state index contributed by atoms with van der Waals surface area (Å²) in [6.45, 7) is 11.4. The number of carbonyl (C=O) groups is 2. The van der Waals surface area contributed by atoms with Crippen LogP contribution in [0.5, 0.6) is 5.75 Å². The average Bonchev–Trinajstić information content (AvgIpc) is 3.46. The summed E-state index contributed by atoms with van der Waals surface area (Å²) in [5.41, 5.74) is 4.95. The molecule has 11 heteroatoms. The van der Waals surface area contributed by atoms with E-state index >= 15 is 0 Å². The van der Waals surface area contributed by atoms with Crippen molar-refractivity contribution in [1.29, 1.82) is 0 Å². The fraction of sp³-hybridized carbons (Fsp3) is 0.357. The number of aryl methyl sites for hydroxylation is 2. The Balaban J connectivity index is 1.77. The first-order valence-electron chi connectivity index (χ1n) is 12.8. The number of rotatable bonds is 11. The molecule has 0 aliphatic heterocycles. The van der Waals surface area contributed by atoms with Gasteiger partial charge in [-0.2, -0.15) is 10.2 Å². The highest BCUT2D eigenvalue weighted by atomic mass is 28.3. The third kappa shape index (κ3) is 6.55. The fourth-order valence-corrected chi connectivity index (χ4v) is 5.05. The van der Waals surface area contributed by atoms with Crippen LogP contribution in [-0.2, 0) is 22.8 Å². The summed E-state index contributed by atoms with van der Waals surface area (Å²) in [5, 5.41) is 21.9. The first-order valence-corrected chi connectivity index (χ1v) is 16.5. The summed E-state index contributed by atoms with van der Waals surface area (Å²) in [6.07, 6.45) is 3.20. The second-order valence-electron chi connectivity index (χ2n) is 10.8. The Morgan fingerprint density at radius 2 is 1.85 bits per heavy atom. The highest BCUT2D eigenvalue weighted by Crippen LogP contribution is 2.34. The molecular formula is C28H35N5O5Si. The SMILES string of the molecule is COc1cc2c(cc1C(=O)Nc1c(C)cccc1C)c(-c1cnn(CC(=O)O)c1)nn2COCC[Si](C)(C)C. The molecule has 0 aliphatic rings. The molecule has 0 aliphatic carbocycles. The number of para-hydroxylation sites is 1. The van der Waals surface area contributed by atoms with Gasteiger partial charge < -0.3 is 19.9 Å². The topological polar surface area (TPSA) is 121 Å². The van der Waals surface area contributed by atoms with Crippen LogP contribution in [0, 0.1) is 13.8 Å². The van der Waals surface area contributed by atoms with Crippen LogP contribution in [0.4, 0.5) is 5.69 Å². The monoisotopic (exact) mass is 549 g/mol. The van der Waals surface area contributed by atoms with Crippen molar-refractivity contribution < 1.29 is 24.2 Å². The lowest BCUT2D eigenvalue weighted by Crippen LogP contribution is -2.22. The Kier molecular flexibility index (Phi) is 8.21. The van der Waals surface area contributed by atoms with E-state index in [2.05, 4.69) is 30.1 Å². The van der Waals surface area contributed by atoms with Crippen LogP contribution in [0.1, 0.15) is 21.5 Å². The van der Waals surface area contributed by atoms with E-state index in [0.29, 0.717) is 34.6 Å². The number of anilines is 1. The first-order chi connectivity index (χ1) is 18.5. The number of amides is 1. The van der Waals surface area contributed by atoms with Crippen molar-refractivity contribution in [3.63, 3.8) is 0 Å². The first kappa shape index (κ1) is 28.1. The van der Waals surface area contributed by atoms with Crippen LogP contribution in [0.25, 0.3) is 22.2 Å². The molecular weight excluding hydrogens is 514 g/mol. The van der Waals surface area contributed by atoms with Gasteiger partial charge in [-0.3, -0.25) is 14.3 Å². The molecule has 0 saturated heterocycles. The summed E-state index contributed by atoms with van der Waals surface area (Å²) < 4.78 is 14.7. The van der Waals surface area contributed by atoms with Crippen molar-refractivity contribution in [3.8, 4) is 17.0 Å². The number of aromatic nitrogens is 4. The van der Waals surface area contributed by atoms with Crippen molar-refractivity contribution in [2.45, 2.75) is 52.8 Å². The van der Waals surface area contributed by atoms with Gasteiger partial charge in [0.2, 0.25) is 0 Å². The lowest BCUT2D eigenvalue weighted by molar-refractivity contribution is -0.137. The number of aliphatic carboxylic acids is 1. The molecule has 0 spiro atoms. The Hall–Kier alpha value is -3.96. The average molecular weight is 550 g/mol. The number of methoxy groups -OCH3 is 1. The number of carbonyl (C=O) groups excluding carboxylic acids is 1. The molecule has 4 rings (SSSR count). The van der Waals surface area contributed by atoms with Crippen LogP contribution < -0.4 is 10.1 Å². The van der Waals surface area contributed by atoms with E-state index in [9.17, 15) is 9.59 Å². The smallest absolute Gasteiger partial charge is 0.325 e. The van der Waals surface area contributed by atoms with Gasteiger partial charge in [0.15, 0.2) is 0 Å². The summed E-state index contributed by atoms with van der Waals surface area (Å²) in [4.78, 5) is 24.7. The van der Waals surface area contributed by atoms with E-state index in [1.165, 1.54) is 11.8 Å². The number of hydrogen-bond acceptors (Lipinski definition) is 6. The van der Waals surface area contributed by atoms with Gasteiger partial charge in [-0.15, -0.1) is 0 Å². The third-order valence-electron chi connectivity index (χ3n) is 6.45. The minimum Gasteiger partial charge on any atom is -0.496 e. The van der Waals surface area contributed by atoms with E-state index in [1.807, 2.05) is 32.0 Å². The number of ether oxygens (including phenoxy) is 2. The van der Waals surface area contributed by atoms with Gasteiger partial charge in [-0.25, -0.2) is 4.68 Å². The van der Waals surface area contributed by atoms with Crippen molar-refractivity contribution in [3.05, 3.63) is 59.4 Å². The minimum absolute atomic E-state index is 0.224. The minimum atomic E-state index is -1.26. The molecule has 0 fully saturated rings. The zero-order valence-corrected chi connectivity index (χ0v) is 24.2. The molecule has 2 aromatic carbocycles. The number of nitrogens with one attached hydrogen (secondary N) is 1. The van der Waals surface area contributed by atoms with Gasteiger partial charge in [-0.1, -0.05) is 37.8 Å². The maximum absolute atomic E-state index is 13.5. The quantitative estimate of drug-likeness (QED) is 0.195. The molecule has 0 unspecified atom stereocenters. The van der Waals surface area contributed by atoms with Crippen LogP contribution in [0.3, 0.4) is 0 Å². The van der Waals surface area contributed by atoms with Crippen LogP contribution in [-0.4, -0.2) is 58.3 Å². The summed E-state index contributed by atoms with van der Waals surface area (Å²) in [6, 6.07) is 10.4. The van der Waals surface area contributed by atoms with Gasteiger partial charge >= 0.3 is 5.97 Å². The van der Waals surface area contributed by atoms with Crippen molar-refractivity contribution >= 4 is 36.5 Å². The Labute approximate surface area is 228 Å². The highest BCUT2D eigenvalue weighted by molar-refractivity contribution is 6.76. The number of carboxylic acids is 1. The number of carboxylic acid groups (broad SMARTS) is 1. The number of hydrogen-bond donors (Lipinski definition) is 2. The third-order valence-corrected chi connectivity index (χ3v) is 8.15. The molecule has 0 saturated carbocycles. The lowest BCUT2D eigenvalue weighted by Gasteiger charge is -2.16. The maximum atomic E-state index is 13.5. The standard InChI is InChI=1S/C28H35N5O5Si/c1-18-8-7-9-19(2)26(18)30-28(36)22-12-21-23(13-24(22)37-3)33(17-38-10-11-39(4,5)6)31-27(21)20-14-29-32(15-20)16-25(34)35/h7-9,12-15H,10-11,16-17H2,1-6H3,(H,30,36)(H,34,35). The van der Waals surface area contributed by atoms with E-state index < -0.39 is 14.0 Å². The molecule has 4 aromatic rings. The Morgan fingerprint density at radius 3 is 2.49 bits per heavy atom. The largest absolute Gasteiger partial charge is 0.496 e. The van der Waals surface area contributed by atoms with E-state index in [4.69, 9.17) is 19.7 Å². The van der Waals surface area contributed by atoms with Gasteiger partial charge in [0.1, 0.15) is 24.7 Å². The van der Waals surface area contributed by atoms with Crippen molar-refractivity contribution in [1.82, 2.24) is 19.6 Å². The molecule has 1 amide bonds. The Bertz CT molecular complexity index is 1500. The van der Waals surface area contributed by atoms with Crippen molar-refractivity contribution in [2.75, 3.05) is 19.0 Å². The second-order valence-corrected chi connectivity index (χ2v) is 16.4. The molecule has 0 bridgehead atoms. The predicted octanol–water partition coefficient (Wildman–Crippen LogP) is 5.17. The van der Waals surface area contributed by atoms with Gasteiger partial charge in [0.25, 0.3) is 5.91 Å². The summed E-state index contributed by atoms with van der Waals surface area (Å²) in [5.74, 6) is -0.897. The Morgan fingerprint density at radius 1 is 1.13 bits per heavy atom. The number of nitrogens with zero attached hydrogens (tertiary/aromatic N) is 4. The van der Waals surface area contributed by atoms with Crippen molar-refractivity contribution in [2.24, 2.45) is 0 Å². The van der Waals surface area contributed by atoms with E-state index in [0.717, 1.165) is 28.4 Å². The zero-order valence-electron chi connectivity index (χ0n) is 23.2. The number of fused-ring (bicyclic) bond motifs is 1. The van der Waals surface area contributed by atoms with E-state index in [-0.39, 0.29) is 19.2 Å². The van der Waals surface area contributed by atoms with Crippen LogP contribution in [0.15, 0.2) is 42.7 Å². The highest BCUT2D eigenvalue weighted by Gasteiger charge is 2.22. The zero-order chi connectivity index (χ0) is 28.3. The fourth-order valence-electron chi connectivity index (χ4n) is 4.29. The molecule has 2 N–H and O–H groups in total. The molecule has 10 nitrogen and oxygen atoms in total. The normalized spacial score (nSPS) is 11.6. The van der Waals surface area contributed by atoms with Gasteiger partial charge in [0.05, 0.1) is 24.4 Å².